The molecule has 24 heavy (non-hydrogen) atoms. The van der Waals surface area contributed by atoms with Crippen molar-refractivity contribution < 1.29 is 19.1 Å². The van der Waals surface area contributed by atoms with Gasteiger partial charge in [-0.2, -0.15) is 0 Å². The molecule has 1 aromatic heterocycles. The van der Waals surface area contributed by atoms with E-state index in [-0.39, 0.29) is 25.2 Å². The Bertz CT molecular complexity index is 802. The first-order chi connectivity index (χ1) is 11.7. The van der Waals surface area contributed by atoms with Gasteiger partial charge in [-0.05, 0) is 41.6 Å². The highest BCUT2D eigenvalue weighted by molar-refractivity contribution is 7.10. The minimum atomic E-state index is -0.296. The van der Waals surface area contributed by atoms with Gasteiger partial charge in [0.1, 0.15) is 0 Å². The number of nitrogens with one attached hydrogen (secondary N) is 1. The molecule has 0 atom stereocenters. The lowest BCUT2D eigenvalue weighted by atomic mass is 10.1. The smallest absolute Gasteiger partial charge is 0.251 e. The first-order valence-corrected chi connectivity index (χ1v) is 8.59. The molecular formula is C17H16N2O4S. The molecule has 2 aliphatic rings. The lowest BCUT2D eigenvalue weighted by Crippen LogP contribution is -2.42. The Morgan fingerprint density at radius 2 is 2.08 bits per heavy atom. The molecule has 4 rings (SSSR count). The quantitative estimate of drug-likeness (QED) is 0.922. The van der Waals surface area contributed by atoms with E-state index in [1.807, 2.05) is 0 Å². The molecule has 0 spiro atoms. The van der Waals surface area contributed by atoms with Crippen molar-refractivity contribution in [2.24, 2.45) is 0 Å². The number of carbonyl (C=O) groups excluding carboxylic acids is 2. The number of rotatable bonds is 3. The molecule has 124 valence electrons. The number of thiophene rings is 1. The summed E-state index contributed by atoms with van der Waals surface area (Å²) >= 11 is 1.73. The van der Waals surface area contributed by atoms with Gasteiger partial charge in [-0.1, -0.05) is 0 Å². The number of hydrogen-bond donors (Lipinski definition) is 1. The van der Waals surface area contributed by atoms with Gasteiger partial charge in [-0.25, -0.2) is 0 Å². The third-order valence-electron chi connectivity index (χ3n) is 4.20. The maximum Gasteiger partial charge on any atom is 0.251 e. The van der Waals surface area contributed by atoms with Crippen molar-refractivity contribution in [1.29, 1.82) is 0 Å². The van der Waals surface area contributed by atoms with Crippen LogP contribution in [0.5, 0.6) is 11.5 Å². The van der Waals surface area contributed by atoms with E-state index in [0.29, 0.717) is 30.2 Å². The van der Waals surface area contributed by atoms with E-state index < -0.39 is 0 Å². The molecule has 2 aliphatic heterocycles. The summed E-state index contributed by atoms with van der Waals surface area (Å²) < 4.78 is 10.5. The van der Waals surface area contributed by atoms with Crippen LogP contribution in [-0.4, -0.2) is 36.6 Å². The van der Waals surface area contributed by atoms with Gasteiger partial charge < -0.3 is 19.7 Å². The van der Waals surface area contributed by atoms with E-state index in [0.717, 1.165) is 6.42 Å². The fraction of sp³-hybridized carbons (Fsp3) is 0.294. The van der Waals surface area contributed by atoms with Crippen LogP contribution in [-0.2, 0) is 17.8 Å². The summed E-state index contributed by atoms with van der Waals surface area (Å²) in [5.74, 6) is 0.813. The van der Waals surface area contributed by atoms with Gasteiger partial charge in [0.05, 0.1) is 6.54 Å². The topological polar surface area (TPSA) is 67.9 Å². The van der Waals surface area contributed by atoms with Crippen LogP contribution in [0.2, 0.25) is 0 Å². The van der Waals surface area contributed by atoms with Crippen LogP contribution < -0.4 is 14.8 Å². The Hall–Kier alpha value is -2.54. The number of nitrogens with zero attached hydrogens (tertiary/aromatic N) is 1. The van der Waals surface area contributed by atoms with Gasteiger partial charge >= 0.3 is 0 Å². The van der Waals surface area contributed by atoms with Crippen molar-refractivity contribution in [3.05, 3.63) is 45.6 Å². The van der Waals surface area contributed by atoms with Crippen molar-refractivity contribution in [2.45, 2.75) is 13.0 Å². The second-order valence-electron chi connectivity index (χ2n) is 5.69. The predicted molar refractivity (Wildman–Crippen MR) is 88.3 cm³/mol. The maximum absolute atomic E-state index is 12.3. The van der Waals surface area contributed by atoms with E-state index in [9.17, 15) is 9.59 Å². The average Bonchev–Trinajstić information content (AvgIpc) is 3.26. The largest absolute Gasteiger partial charge is 0.454 e. The Labute approximate surface area is 143 Å². The molecular weight excluding hydrogens is 328 g/mol. The lowest BCUT2D eigenvalue weighted by molar-refractivity contribution is -0.131. The van der Waals surface area contributed by atoms with Crippen molar-refractivity contribution in [2.75, 3.05) is 19.9 Å². The molecule has 0 saturated heterocycles. The van der Waals surface area contributed by atoms with Crippen LogP contribution >= 0.6 is 11.3 Å². The lowest BCUT2D eigenvalue weighted by Gasteiger charge is -2.27. The van der Waals surface area contributed by atoms with Crippen LogP contribution in [0.15, 0.2) is 29.6 Å². The molecule has 0 saturated carbocycles. The van der Waals surface area contributed by atoms with Crippen molar-refractivity contribution in [1.82, 2.24) is 10.2 Å². The zero-order chi connectivity index (χ0) is 16.5. The number of fused-ring (bicyclic) bond motifs is 2. The summed E-state index contributed by atoms with van der Waals surface area (Å²) in [6.45, 7) is 1.48. The fourth-order valence-electron chi connectivity index (χ4n) is 2.87. The molecule has 3 heterocycles. The first kappa shape index (κ1) is 15.0. The molecule has 0 bridgehead atoms. The molecule has 0 radical (unpaired) electrons. The SMILES string of the molecule is O=C(NCC(=O)N1CCc2sccc2C1)c1ccc2c(c1)OCO2. The van der Waals surface area contributed by atoms with Gasteiger partial charge in [-0.15, -0.1) is 11.3 Å². The van der Waals surface area contributed by atoms with Crippen LogP contribution in [0.3, 0.4) is 0 Å². The summed E-state index contributed by atoms with van der Waals surface area (Å²) in [5, 5.41) is 4.74. The fourth-order valence-corrected chi connectivity index (χ4v) is 3.76. The molecule has 0 aliphatic carbocycles. The number of carbonyl (C=O) groups is 2. The summed E-state index contributed by atoms with van der Waals surface area (Å²) in [6.07, 6.45) is 0.884. The first-order valence-electron chi connectivity index (χ1n) is 7.71. The minimum Gasteiger partial charge on any atom is -0.454 e. The Morgan fingerprint density at radius 1 is 1.21 bits per heavy atom. The van der Waals surface area contributed by atoms with E-state index in [2.05, 4.69) is 16.8 Å². The monoisotopic (exact) mass is 344 g/mol. The maximum atomic E-state index is 12.3. The molecule has 1 N–H and O–H groups in total. The molecule has 2 aromatic rings. The van der Waals surface area contributed by atoms with Crippen LogP contribution in [0.25, 0.3) is 0 Å². The molecule has 0 fully saturated rings. The average molecular weight is 344 g/mol. The molecule has 6 nitrogen and oxygen atoms in total. The van der Waals surface area contributed by atoms with E-state index in [4.69, 9.17) is 9.47 Å². The second-order valence-corrected chi connectivity index (χ2v) is 6.69. The number of hydrogen-bond acceptors (Lipinski definition) is 5. The van der Waals surface area contributed by atoms with Gasteiger partial charge in [0.15, 0.2) is 11.5 Å². The highest BCUT2D eigenvalue weighted by Gasteiger charge is 2.22. The zero-order valence-corrected chi connectivity index (χ0v) is 13.7. The van der Waals surface area contributed by atoms with Gasteiger partial charge in [0, 0.05) is 23.5 Å². The van der Waals surface area contributed by atoms with E-state index in [1.165, 1.54) is 10.4 Å². The summed E-state index contributed by atoms with van der Waals surface area (Å²) in [4.78, 5) is 27.7. The predicted octanol–water partition coefficient (Wildman–Crippen LogP) is 1.79. The number of benzene rings is 1. The van der Waals surface area contributed by atoms with Crippen molar-refractivity contribution >= 4 is 23.2 Å². The van der Waals surface area contributed by atoms with Crippen molar-refractivity contribution in [3.8, 4) is 11.5 Å². The molecule has 2 amide bonds. The highest BCUT2D eigenvalue weighted by Crippen LogP contribution is 2.32. The third-order valence-corrected chi connectivity index (χ3v) is 5.22. The summed E-state index contributed by atoms with van der Waals surface area (Å²) in [6, 6.07) is 7.04. The Morgan fingerprint density at radius 3 is 3.00 bits per heavy atom. The van der Waals surface area contributed by atoms with Crippen molar-refractivity contribution in [3.63, 3.8) is 0 Å². The zero-order valence-electron chi connectivity index (χ0n) is 12.9. The minimum absolute atomic E-state index is 0.00720. The van der Waals surface area contributed by atoms with Gasteiger partial charge in [0.25, 0.3) is 5.91 Å². The van der Waals surface area contributed by atoms with Gasteiger partial charge in [0.2, 0.25) is 12.7 Å². The third kappa shape index (κ3) is 2.82. The molecule has 0 unspecified atom stereocenters. The molecule has 1 aromatic carbocycles. The normalized spacial score (nSPS) is 15.1. The van der Waals surface area contributed by atoms with Gasteiger partial charge in [-0.3, -0.25) is 9.59 Å². The molecule has 7 heteroatoms. The highest BCUT2D eigenvalue weighted by atomic mass is 32.1. The standard InChI is InChI=1S/C17H16N2O4S/c20-16(19-5-3-15-12(9-19)4-6-24-15)8-18-17(21)11-1-2-13-14(7-11)23-10-22-13/h1-2,4,6-7H,3,5,8-10H2,(H,18,21). The van der Waals surface area contributed by atoms with Crippen LogP contribution in [0, 0.1) is 0 Å². The summed E-state index contributed by atoms with van der Waals surface area (Å²) in [7, 11) is 0. The Balaban J connectivity index is 1.35. The second kappa shape index (κ2) is 6.16. The number of amides is 2. The van der Waals surface area contributed by atoms with E-state index >= 15 is 0 Å². The Kier molecular flexibility index (Phi) is 3.86. The summed E-state index contributed by atoms with van der Waals surface area (Å²) in [5.41, 5.74) is 1.66. The van der Waals surface area contributed by atoms with E-state index in [1.54, 1.807) is 34.4 Å². The number of ether oxygens (including phenoxy) is 2. The van der Waals surface area contributed by atoms with Crippen LogP contribution in [0.1, 0.15) is 20.8 Å². The van der Waals surface area contributed by atoms with Crippen LogP contribution in [0.4, 0.5) is 0 Å².